The Morgan fingerprint density at radius 3 is 2.38 bits per heavy atom. The fourth-order valence-electron chi connectivity index (χ4n) is 3.91. The predicted molar refractivity (Wildman–Crippen MR) is 97.3 cm³/mol. The molecule has 0 radical (unpaired) electrons. The van der Waals surface area contributed by atoms with Gasteiger partial charge in [0.2, 0.25) is 0 Å². The van der Waals surface area contributed by atoms with Gasteiger partial charge in [-0.15, -0.1) is 0 Å². The molecule has 6 nitrogen and oxygen atoms in total. The van der Waals surface area contributed by atoms with Gasteiger partial charge < -0.3 is 14.6 Å². The van der Waals surface area contributed by atoms with Crippen molar-refractivity contribution in [2.45, 2.75) is 60.0 Å². The van der Waals surface area contributed by atoms with Gasteiger partial charge in [-0.2, -0.15) is 0 Å². The molecule has 0 bridgehead atoms. The highest BCUT2D eigenvalue weighted by Gasteiger charge is 2.42. The Bertz CT molecular complexity index is 603. The van der Waals surface area contributed by atoms with Crippen LogP contribution in [0.15, 0.2) is 23.3 Å². The highest BCUT2D eigenvalue weighted by atomic mass is 16.5. The lowest BCUT2D eigenvalue weighted by atomic mass is 9.68. The van der Waals surface area contributed by atoms with E-state index in [0.29, 0.717) is 13.0 Å². The third-order valence-electron chi connectivity index (χ3n) is 4.95. The van der Waals surface area contributed by atoms with Crippen LogP contribution < -0.4 is 0 Å². The summed E-state index contributed by atoms with van der Waals surface area (Å²) in [6.45, 7) is 12.8. The zero-order chi connectivity index (χ0) is 20.0. The molecule has 0 spiro atoms. The smallest absolute Gasteiger partial charge is 0.331 e. The van der Waals surface area contributed by atoms with Gasteiger partial charge >= 0.3 is 17.9 Å². The Kier molecular flexibility index (Phi) is 8.06. The van der Waals surface area contributed by atoms with Crippen LogP contribution in [-0.2, 0) is 23.9 Å². The predicted octanol–water partition coefficient (Wildman–Crippen LogP) is 3.51. The van der Waals surface area contributed by atoms with Gasteiger partial charge in [-0.25, -0.2) is 4.79 Å². The second-order valence-electron chi connectivity index (χ2n) is 7.19. The van der Waals surface area contributed by atoms with Crippen molar-refractivity contribution >= 4 is 17.9 Å². The minimum atomic E-state index is -1.07. The van der Waals surface area contributed by atoms with Gasteiger partial charge in [-0.1, -0.05) is 26.0 Å². The monoisotopic (exact) mass is 366 g/mol. The summed E-state index contributed by atoms with van der Waals surface area (Å²) < 4.78 is 10.6. The molecule has 0 saturated heterocycles. The average Bonchev–Trinajstić information content (AvgIpc) is 2.50. The van der Waals surface area contributed by atoms with Crippen molar-refractivity contribution in [2.24, 2.45) is 17.8 Å². The van der Waals surface area contributed by atoms with Crippen LogP contribution in [0.3, 0.4) is 0 Å². The summed E-state index contributed by atoms with van der Waals surface area (Å²) in [5.74, 6) is -2.18. The van der Waals surface area contributed by atoms with Crippen LogP contribution in [0.5, 0.6) is 0 Å². The summed E-state index contributed by atoms with van der Waals surface area (Å²) >= 11 is 0. The zero-order valence-electron chi connectivity index (χ0n) is 16.3. The van der Waals surface area contributed by atoms with Crippen molar-refractivity contribution in [3.05, 3.63) is 23.3 Å². The summed E-state index contributed by atoms with van der Waals surface area (Å²) in [4.78, 5) is 34.1. The van der Waals surface area contributed by atoms with E-state index in [9.17, 15) is 19.5 Å². The number of hydrogen-bond donors (Lipinski definition) is 1. The Balaban J connectivity index is 3.08. The molecule has 0 fully saturated rings. The van der Waals surface area contributed by atoms with Gasteiger partial charge in [0, 0.05) is 25.3 Å². The molecule has 1 aliphatic rings. The number of carbonyl (C=O) groups is 3. The van der Waals surface area contributed by atoms with Gasteiger partial charge in [-0.3, -0.25) is 9.59 Å². The Hall–Kier alpha value is -2.11. The minimum absolute atomic E-state index is 0.0138. The third kappa shape index (κ3) is 5.71. The van der Waals surface area contributed by atoms with E-state index < -0.39 is 24.0 Å². The summed E-state index contributed by atoms with van der Waals surface area (Å²) in [5.41, 5.74) is 2.16. The van der Waals surface area contributed by atoms with Crippen LogP contribution in [-0.4, -0.2) is 35.7 Å². The van der Waals surface area contributed by atoms with Crippen LogP contribution in [0.25, 0.3) is 0 Å². The van der Waals surface area contributed by atoms with E-state index >= 15 is 0 Å². The Morgan fingerprint density at radius 1 is 1.27 bits per heavy atom. The van der Waals surface area contributed by atoms with Crippen molar-refractivity contribution in [1.82, 2.24) is 0 Å². The molecule has 0 heterocycles. The summed E-state index contributed by atoms with van der Waals surface area (Å²) in [6, 6.07) is 0. The second kappa shape index (κ2) is 9.55. The summed E-state index contributed by atoms with van der Waals surface area (Å²) in [6.07, 6.45) is 1.55. The van der Waals surface area contributed by atoms with Gasteiger partial charge in [0.1, 0.15) is 6.10 Å². The first-order chi connectivity index (χ1) is 12.1. The highest BCUT2D eigenvalue weighted by molar-refractivity contribution is 5.87. The first-order valence-corrected chi connectivity index (χ1v) is 8.98. The lowest BCUT2D eigenvalue weighted by Gasteiger charge is -2.40. The topological polar surface area (TPSA) is 89.9 Å². The van der Waals surface area contributed by atoms with E-state index in [1.54, 1.807) is 0 Å². The molecule has 4 atom stereocenters. The first kappa shape index (κ1) is 21.9. The number of hydrogen-bond acceptors (Lipinski definition) is 5. The number of carboxylic acid groups (broad SMARTS) is 1. The van der Waals surface area contributed by atoms with E-state index in [1.807, 2.05) is 20.8 Å². The molecule has 0 aliphatic heterocycles. The number of carboxylic acids is 1. The molecule has 1 unspecified atom stereocenters. The van der Waals surface area contributed by atoms with Crippen molar-refractivity contribution in [1.29, 1.82) is 0 Å². The molecule has 146 valence electrons. The Morgan fingerprint density at radius 2 is 1.88 bits per heavy atom. The van der Waals surface area contributed by atoms with Crippen molar-refractivity contribution < 1.29 is 29.0 Å². The van der Waals surface area contributed by atoms with E-state index in [2.05, 4.69) is 6.58 Å². The standard InChI is InChI=1S/C20H30O6/c1-11(8-7-9-25-15(5)21)17-12(2)10-13(3)18(14(4)20(23)24)19(17)26-16(6)22/h11,13,18-19H,4,7-10H2,1-3,5-6H3,(H,23,24)/t11?,13-,18+,19+/m1/s1. The van der Waals surface area contributed by atoms with Crippen LogP contribution in [0, 0.1) is 17.8 Å². The summed E-state index contributed by atoms with van der Waals surface area (Å²) in [7, 11) is 0. The summed E-state index contributed by atoms with van der Waals surface area (Å²) in [5, 5.41) is 9.42. The normalized spacial score (nSPS) is 24.0. The number of aliphatic carboxylic acids is 1. The maximum atomic E-state index is 11.7. The molecular formula is C20H30O6. The van der Waals surface area contributed by atoms with Crippen LogP contribution in [0.2, 0.25) is 0 Å². The minimum Gasteiger partial charge on any atom is -0.478 e. The molecule has 1 rings (SSSR count). The third-order valence-corrected chi connectivity index (χ3v) is 4.95. The molecule has 0 amide bonds. The number of carbonyl (C=O) groups excluding carboxylic acids is 2. The molecular weight excluding hydrogens is 336 g/mol. The molecule has 0 aromatic carbocycles. The fourth-order valence-corrected chi connectivity index (χ4v) is 3.91. The van der Waals surface area contributed by atoms with Crippen molar-refractivity contribution in [3.63, 3.8) is 0 Å². The molecule has 1 aliphatic carbocycles. The lowest BCUT2D eigenvalue weighted by Crippen LogP contribution is -2.40. The SMILES string of the molecule is C=C(C(=O)O)[C@@H]1[C@H](C)CC(C)=C(C(C)CCCOC(C)=O)[C@@H]1OC(C)=O. The van der Waals surface area contributed by atoms with Gasteiger partial charge in [0.05, 0.1) is 6.61 Å². The molecule has 1 N–H and O–H groups in total. The maximum absolute atomic E-state index is 11.7. The van der Waals surface area contributed by atoms with Crippen molar-refractivity contribution in [2.75, 3.05) is 6.61 Å². The highest BCUT2D eigenvalue weighted by Crippen LogP contribution is 2.43. The fraction of sp³-hybridized carbons (Fsp3) is 0.650. The van der Waals surface area contributed by atoms with Gasteiger partial charge in [0.25, 0.3) is 0 Å². The van der Waals surface area contributed by atoms with Crippen LogP contribution >= 0.6 is 0 Å². The molecule has 0 aromatic heterocycles. The molecule has 0 aromatic rings. The van der Waals surface area contributed by atoms with E-state index in [4.69, 9.17) is 9.47 Å². The molecule has 6 heteroatoms. The average molecular weight is 366 g/mol. The van der Waals surface area contributed by atoms with E-state index in [-0.39, 0.29) is 23.4 Å². The van der Waals surface area contributed by atoms with E-state index in [0.717, 1.165) is 24.0 Å². The molecule has 26 heavy (non-hydrogen) atoms. The quantitative estimate of drug-likeness (QED) is 0.306. The van der Waals surface area contributed by atoms with Gasteiger partial charge in [0.15, 0.2) is 0 Å². The number of esters is 2. The largest absolute Gasteiger partial charge is 0.478 e. The van der Waals surface area contributed by atoms with Crippen molar-refractivity contribution in [3.8, 4) is 0 Å². The van der Waals surface area contributed by atoms with E-state index in [1.165, 1.54) is 13.8 Å². The molecule has 0 saturated carbocycles. The number of allylic oxidation sites excluding steroid dienone is 1. The number of rotatable bonds is 8. The van der Waals surface area contributed by atoms with Crippen LogP contribution in [0.1, 0.15) is 53.9 Å². The van der Waals surface area contributed by atoms with Gasteiger partial charge in [-0.05, 0) is 43.6 Å². The second-order valence-corrected chi connectivity index (χ2v) is 7.19. The van der Waals surface area contributed by atoms with Crippen LogP contribution in [0.4, 0.5) is 0 Å². The lowest BCUT2D eigenvalue weighted by molar-refractivity contribution is -0.149. The zero-order valence-corrected chi connectivity index (χ0v) is 16.3. The Labute approximate surface area is 155 Å². The number of ether oxygens (including phenoxy) is 2. The maximum Gasteiger partial charge on any atom is 0.331 e. The first-order valence-electron chi connectivity index (χ1n) is 8.98.